The molecule has 38 heavy (non-hydrogen) atoms. The second kappa shape index (κ2) is 9.74. The van der Waals surface area contributed by atoms with Gasteiger partial charge in [-0.25, -0.2) is 0 Å². The van der Waals surface area contributed by atoms with Crippen LogP contribution in [0.15, 0.2) is 24.3 Å². The van der Waals surface area contributed by atoms with E-state index in [1.54, 1.807) is 16.7 Å². The van der Waals surface area contributed by atoms with E-state index in [1.165, 1.54) is 75.3 Å². The van der Waals surface area contributed by atoms with Gasteiger partial charge in [-0.15, -0.1) is 0 Å². The molecule has 0 aromatic heterocycles. The lowest BCUT2D eigenvalue weighted by molar-refractivity contribution is 0.117. The summed E-state index contributed by atoms with van der Waals surface area (Å²) in [7, 11) is 6.38. The standard InChI is InChI=1S/C36H49BO/c1-22(2)28-18-26-12-14-30-24(4)10-8-16-36(30,6)32(26)20-34(28)38-33-19-31-25(17-27(33)21-37)11-13-29-23(3)9-7-15-35(29,31)5/h17-20,22-24,29-30H,7-16,21H2,1-6H3. The van der Waals surface area contributed by atoms with Crippen LogP contribution in [0, 0.1) is 23.7 Å². The quantitative estimate of drug-likeness (QED) is 0.374. The first-order valence-corrected chi connectivity index (χ1v) is 15.9. The second-order valence-electron chi connectivity index (χ2n) is 14.5. The van der Waals surface area contributed by atoms with E-state index in [2.05, 4.69) is 65.8 Å². The van der Waals surface area contributed by atoms with Gasteiger partial charge < -0.3 is 4.74 Å². The molecule has 2 aromatic rings. The van der Waals surface area contributed by atoms with Crippen molar-refractivity contribution in [1.82, 2.24) is 0 Å². The zero-order valence-corrected chi connectivity index (χ0v) is 25.0. The number of hydrogen-bond donors (Lipinski definition) is 0. The highest BCUT2D eigenvalue weighted by atomic mass is 16.5. The summed E-state index contributed by atoms with van der Waals surface area (Å²) in [6.45, 7) is 14.7. The van der Waals surface area contributed by atoms with Crippen molar-refractivity contribution in [3.05, 3.63) is 57.6 Å². The first kappa shape index (κ1) is 26.5. The molecule has 6 rings (SSSR count). The van der Waals surface area contributed by atoms with Crippen LogP contribution < -0.4 is 4.74 Å². The Hall–Kier alpha value is -1.70. The Kier molecular flexibility index (Phi) is 6.80. The van der Waals surface area contributed by atoms with E-state index >= 15 is 0 Å². The number of fused-ring (bicyclic) bond motifs is 6. The van der Waals surface area contributed by atoms with Crippen LogP contribution in [0.25, 0.3) is 0 Å². The normalized spacial score (nSPS) is 34.2. The molecule has 6 atom stereocenters. The van der Waals surface area contributed by atoms with Crippen LogP contribution >= 0.6 is 0 Å². The average Bonchev–Trinajstić information content (AvgIpc) is 2.88. The second-order valence-corrected chi connectivity index (χ2v) is 14.5. The number of hydrogen-bond acceptors (Lipinski definition) is 1. The van der Waals surface area contributed by atoms with Gasteiger partial charge in [0.15, 0.2) is 0 Å². The molecule has 202 valence electrons. The van der Waals surface area contributed by atoms with Gasteiger partial charge in [-0.1, -0.05) is 85.7 Å². The predicted molar refractivity (Wildman–Crippen MR) is 161 cm³/mol. The van der Waals surface area contributed by atoms with E-state index in [0.29, 0.717) is 12.2 Å². The third-order valence-corrected chi connectivity index (χ3v) is 12.0. The average molecular weight is 509 g/mol. The Labute approximate surface area is 233 Å². The molecular weight excluding hydrogens is 459 g/mol. The third-order valence-electron chi connectivity index (χ3n) is 12.0. The highest BCUT2D eigenvalue weighted by Crippen LogP contribution is 2.55. The topological polar surface area (TPSA) is 9.23 Å². The lowest BCUT2D eigenvalue weighted by Gasteiger charge is -2.50. The molecule has 6 unspecified atom stereocenters. The number of rotatable bonds is 4. The molecule has 0 spiro atoms. The highest BCUT2D eigenvalue weighted by molar-refractivity contribution is 6.08. The van der Waals surface area contributed by atoms with Gasteiger partial charge in [-0.2, -0.15) is 0 Å². The van der Waals surface area contributed by atoms with Crippen LogP contribution in [0.5, 0.6) is 11.5 Å². The molecule has 0 N–H and O–H groups in total. The zero-order valence-electron chi connectivity index (χ0n) is 25.0. The maximum absolute atomic E-state index is 7.05. The molecule has 0 heterocycles. The monoisotopic (exact) mass is 508 g/mol. The van der Waals surface area contributed by atoms with Crippen LogP contribution in [0.1, 0.15) is 132 Å². The molecule has 2 fully saturated rings. The number of benzene rings is 2. The summed E-state index contributed by atoms with van der Waals surface area (Å²) < 4.78 is 7.05. The molecule has 2 saturated carbocycles. The zero-order chi connectivity index (χ0) is 26.8. The van der Waals surface area contributed by atoms with E-state index in [9.17, 15) is 0 Å². The summed E-state index contributed by atoms with van der Waals surface area (Å²) in [6.07, 6.45) is 13.6. The minimum Gasteiger partial charge on any atom is -0.457 e. The van der Waals surface area contributed by atoms with E-state index in [1.807, 2.05) is 0 Å². The molecule has 0 bridgehead atoms. The highest BCUT2D eigenvalue weighted by Gasteiger charge is 2.46. The molecule has 4 aliphatic rings. The molecular formula is C36H49BO. The van der Waals surface area contributed by atoms with Crippen molar-refractivity contribution < 1.29 is 4.74 Å². The summed E-state index contributed by atoms with van der Waals surface area (Å²) in [5, 5.41) is 0. The van der Waals surface area contributed by atoms with Gasteiger partial charge in [0.2, 0.25) is 0 Å². The van der Waals surface area contributed by atoms with Gasteiger partial charge in [-0.3, -0.25) is 0 Å². The van der Waals surface area contributed by atoms with Crippen LogP contribution in [0.3, 0.4) is 0 Å². The molecule has 2 radical (unpaired) electrons. The van der Waals surface area contributed by atoms with Crippen molar-refractivity contribution in [2.24, 2.45) is 23.7 Å². The maximum atomic E-state index is 7.05. The minimum absolute atomic E-state index is 0.256. The van der Waals surface area contributed by atoms with Gasteiger partial charge in [0.25, 0.3) is 0 Å². The molecule has 0 saturated heterocycles. The van der Waals surface area contributed by atoms with Crippen molar-refractivity contribution in [2.45, 2.75) is 129 Å². The first-order chi connectivity index (χ1) is 18.2. The Morgan fingerprint density at radius 1 is 0.789 bits per heavy atom. The molecule has 4 aliphatic carbocycles. The van der Waals surface area contributed by atoms with E-state index in [0.717, 1.165) is 40.7 Å². The van der Waals surface area contributed by atoms with Crippen molar-refractivity contribution in [3.63, 3.8) is 0 Å². The molecule has 2 aromatic carbocycles. The molecule has 2 heteroatoms. The summed E-state index contributed by atoms with van der Waals surface area (Å²) in [4.78, 5) is 0. The van der Waals surface area contributed by atoms with Gasteiger partial charge in [0.05, 0.1) is 7.85 Å². The third kappa shape index (κ3) is 4.10. The van der Waals surface area contributed by atoms with Crippen molar-refractivity contribution in [1.29, 1.82) is 0 Å². The summed E-state index contributed by atoms with van der Waals surface area (Å²) in [6, 6.07) is 9.82. The minimum atomic E-state index is 0.256. The van der Waals surface area contributed by atoms with E-state index < -0.39 is 0 Å². The first-order valence-electron chi connectivity index (χ1n) is 15.9. The summed E-state index contributed by atoms with van der Waals surface area (Å²) in [5.41, 5.74) is 9.25. The summed E-state index contributed by atoms with van der Waals surface area (Å²) >= 11 is 0. The fraction of sp³-hybridized carbons (Fsp3) is 0.667. The Bertz CT molecular complexity index is 1210. The summed E-state index contributed by atoms with van der Waals surface area (Å²) in [5.74, 6) is 5.68. The molecule has 0 amide bonds. The molecule has 0 aliphatic heterocycles. The number of aryl methyl sites for hydroxylation is 2. The maximum Gasteiger partial charge on any atom is 0.131 e. The van der Waals surface area contributed by atoms with E-state index in [4.69, 9.17) is 12.6 Å². The Balaban J connectivity index is 1.45. The van der Waals surface area contributed by atoms with Gasteiger partial charge in [-0.05, 0) is 124 Å². The van der Waals surface area contributed by atoms with Gasteiger partial charge in [0, 0.05) is 0 Å². The fourth-order valence-corrected chi connectivity index (χ4v) is 9.82. The van der Waals surface area contributed by atoms with Crippen LogP contribution in [0.4, 0.5) is 0 Å². The van der Waals surface area contributed by atoms with Gasteiger partial charge in [0.1, 0.15) is 11.5 Å². The Morgan fingerprint density at radius 3 is 1.84 bits per heavy atom. The van der Waals surface area contributed by atoms with Crippen LogP contribution in [0.2, 0.25) is 0 Å². The lowest BCUT2D eigenvalue weighted by Crippen LogP contribution is -2.43. The smallest absolute Gasteiger partial charge is 0.131 e. The van der Waals surface area contributed by atoms with Crippen LogP contribution in [-0.2, 0) is 30.0 Å². The van der Waals surface area contributed by atoms with Crippen LogP contribution in [-0.4, -0.2) is 7.85 Å². The lowest BCUT2D eigenvalue weighted by atomic mass is 9.55. The largest absolute Gasteiger partial charge is 0.457 e. The predicted octanol–water partition coefficient (Wildman–Crippen LogP) is 9.55. The number of ether oxygens (including phenoxy) is 1. The van der Waals surface area contributed by atoms with Gasteiger partial charge >= 0.3 is 0 Å². The van der Waals surface area contributed by atoms with Crippen molar-refractivity contribution in [2.75, 3.05) is 0 Å². The van der Waals surface area contributed by atoms with Crippen molar-refractivity contribution in [3.8, 4) is 11.5 Å². The Morgan fingerprint density at radius 2 is 1.32 bits per heavy atom. The molecule has 1 nitrogen and oxygen atoms in total. The SMILES string of the molecule is [B]Cc1cc2c(cc1Oc1cc3c(cc1C(C)C)CCC1C(C)CCCC31C)C1(C)CCCC(C)C1CC2. The van der Waals surface area contributed by atoms with Crippen molar-refractivity contribution >= 4 is 7.85 Å². The fourth-order valence-electron chi connectivity index (χ4n) is 9.82. The van der Waals surface area contributed by atoms with E-state index in [-0.39, 0.29) is 10.8 Å².